The number of nitrogens with one attached hydrogen (secondary N) is 2. The van der Waals surface area contributed by atoms with Crippen LogP contribution in [0.2, 0.25) is 0 Å². The standard InChI is InChI=1S/C39H72N12S2/c1-11-15-20-31(13-3)25-42-36-44-37(43-26-32(14-4)21-16-12-2)46-38(45-36)51-35(40)34(30(9)49-51)47-50-53-39(48-41-10)52-27-33(24-23-29(7)8)22-18-17-19-28(5)6/h28-29,31-33H,10-27,40H2,1-9H3,(H2,42,43,44,45,46)/b48-39-,50-47?. The molecule has 0 aliphatic heterocycles. The van der Waals surface area contributed by atoms with E-state index < -0.39 is 0 Å². The fourth-order valence-corrected chi connectivity index (χ4v) is 7.70. The third kappa shape index (κ3) is 18.4. The molecule has 53 heavy (non-hydrogen) atoms. The van der Waals surface area contributed by atoms with Gasteiger partial charge in [-0.25, -0.2) is 0 Å². The lowest BCUT2D eigenvalue weighted by molar-refractivity contribution is 0.409. The molecule has 0 bridgehead atoms. The first-order valence-corrected chi connectivity index (χ1v) is 22.1. The number of anilines is 3. The highest BCUT2D eigenvalue weighted by atomic mass is 32.2. The number of nitrogens with zero attached hydrogens (tertiary/aromatic N) is 9. The van der Waals surface area contributed by atoms with Crippen LogP contribution < -0.4 is 16.4 Å². The number of thioether (sulfide) groups is 1. The van der Waals surface area contributed by atoms with Gasteiger partial charge in [-0.3, -0.25) is 0 Å². The molecular weight excluding hydrogens is 701 g/mol. The number of aromatic nitrogens is 5. The highest BCUT2D eigenvalue weighted by molar-refractivity contribution is 8.38. The van der Waals surface area contributed by atoms with Gasteiger partial charge in [0.25, 0.3) is 5.95 Å². The van der Waals surface area contributed by atoms with Gasteiger partial charge in [0.1, 0.15) is 0 Å². The molecule has 2 rings (SSSR count). The van der Waals surface area contributed by atoms with E-state index in [1.165, 1.54) is 93.7 Å². The largest absolute Gasteiger partial charge is 0.382 e. The Balaban J connectivity index is 2.26. The zero-order valence-electron chi connectivity index (χ0n) is 34.5. The zero-order valence-corrected chi connectivity index (χ0v) is 36.2. The summed E-state index contributed by atoms with van der Waals surface area (Å²) in [5.41, 5.74) is 7.76. The van der Waals surface area contributed by atoms with Crippen molar-refractivity contribution in [3.8, 4) is 5.95 Å². The number of unbranched alkanes of at least 4 members (excludes halogenated alkanes) is 3. The summed E-state index contributed by atoms with van der Waals surface area (Å²) in [6, 6.07) is 0. The molecule has 0 saturated carbocycles. The van der Waals surface area contributed by atoms with Crippen molar-refractivity contribution in [1.82, 2.24) is 24.7 Å². The van der Waals surface area contributed by atoms with Gasteiger partial charge in [0.15, 0.2) is 15.9 Å². The molecule has 2 aromatic heterocycles. The second-order valence-corrected chi connectivity index (χ2v) is 17.2. The summed E-state index contributed by atoms with van der Waals surface area (Å²) in [7, 11) is 0. The molecule has 0 fully saturated rings. The summed E-state index contributed by atoms with van der Waals surface area (Å²) in [6.45, 7) is 25.1. The molecule has 0 amide bonds. The van der Waals surface area contributed by atoms with Crippen molar-refractivity contribution < 1.29 is 0 Å². The van der Waals surface area contributed by atoms with Crippen molar-refractivity contribution in [2.75, 3.05) is 35.2 Å². The lowest BCUT2D eigenvalue weighted by Crippen LogP contribution is -2.20. The maximum atomic E-state index is 6.67. The topological polar surface area (TPSA) is 156 Å². The smallest absolute Gasteiger partial charge is 0.259 e. The van der Waals surface area contributed by atoms with Crippen LogP contribution in [0.5, 0.6) is 0 Å². The molecule has 300 valence electrons. The molecule has 3 atom stereocenters. The van der Waals surface area contributed by atoms with Crippen LogP contribution in [0.25, 0.3) is 5.95 Å². The van der Waals surface area contributed by atoms with E-state index in [2.05, 4.69) is 92.6 Å². The SMILES string of the molecule is C=N/N=C(/SCC(CCCCC(C)C)CCC(C)C)SN=Nc1c(C)nn(-c2nc(NCC(CC)CCCC)nc(NCC(CC)CCCC)n2)c1N. The van der Waals surface area contributed by atoms with Crippen LogP contribution >= 0.6 is 23.7 Å². The van der Waals surface area contributed by atoms with Crippen molar-refractivity contribution >= 4 is 58.2 Å². The van der Waals surface area contributed by atoms with E-state index in [1.54, 1.807) is 11.8 Å². The van der Waals surface area contributed by atoms with Gasteiger partial charge in [0, 0.05) is 25.6 Å². The predicted octanol–water partition coefficient (Wildman–Crippen LogP) is 11.9. The highest BCUT2D eigenvalue weighted by Gasteiger charge is 2.20. The molecule has 0 aromatic carbocycles. The van der Waals surface area contributed by atoms with Crippen molar-refractivity contribution in [3.05, 3.63) is 5.69 Å². The molecule has 0 radical (unpaired) electrons. The summed E-state index contributed by atoms with van der Waals surface area (Å²) >= 11 is 2.86. The molecule has 2 heterocycles. The van der Waals surface area contributed by atoms with Crippen molar-refractivity contribution in [1.29, 1.82) is 0 Å². The van der Waals surface area contributed by atoms with E-state index in [0.29, 0.717) is 63.1 Å². The van der Waals surface area contributed by atoms with E-state index in [-0.39, 0.29) is 0 Å². The molecule has 2 aromatic rings. The molecule has 0 aliphatic rings. The Labute approximate surface area is 330 Å². The van der Waals surface area contributed by atoms with Gasteiger partial charge >= 0.3 is 0 Å². The number of hydrogen-bond acceptors (Lipinski definition) is 13. The second-order valence-electron chi connectivity index (χ2n) is 15.2. The predicted molar refractivity (Wildman–Crippen MR) is 232 cm³/mol. The Morgan fingerprint density at radius 3 is 1.87 bits per heavy atom. The summed E-state index contributed by atoms with van der Waals surface area (Å²) in [5, 5.41) is 24.3. The maximum Gasteiger partial charge on any atom is 0.259 e. The van der Waals surface area contributed by atoms with Crippen LogP contribution in [-0.2, 0) is 0 Å². The van der Waals surface area contributed by atoms with Crippen LogP contribution in [0.4, 0.5) is 23.4 Å². The lowest BCUT2D eigenvalue weighted by Gasteiger charge is -2.18. The van der Waals surface area contributed by atoms with Gasteiger partial charge in [-0.15, -0.1) is 14.7 Å². The summed E-state index contributed by atoms with van der Waals surface area (Å²) in [4.78, 5) is 14.3. The molecule has 12 nitrogen and oxygen atoms in total. The number of nitrogens with two attached hydrogens (primary N) is 1. The average Bonchev–Trinajstić information content (AvgIpc) is 3.42. The summed E-state index contributed by atoms with van der Waals surface area (Å²) in [6.07, 6.45) is 16.8. The first-order chi connectivity index (χ1) is 25.5. The molecular formula is C39H72N12S2. The van der Waals surface area contributed by atoms with E-state index in [1.807, 2.05) is 6.92 Å². The third-order valence-electron chi connectivity index (χ3n) is 9.71. The normalized spacial score (nSPS) is 14.0. The number of aryl methyl sites for hydroxylation is 1. The minimum Gasteiger partial charge on any atom is -0.382 e. The molecule has 0 aliphatic carbocycles. The van der Waals surface area contributed by atoms with E-state index in [4.69, 9.17) is 25.8 Å². The average molecular weight is 773 g/mol. The van der Waals surface area contributed by atoms with Crippen LogP contribution in [0.3, 0.4) is 0 Å². The van der Waals surface area contributed by atoms with E-state index >= 15 is 0 Å². The summed E-state index contributed by atoms with van der Waals surface area (Å²) in [5.74, 6) is 5.74. The van der Waals surface area contributed by atoms with Gasteiger partial charge in [-0.2, -0.15) is 29.8 Å². The fourth-order valence-electron chi connectivity index (χ4n) is 6.07. The third-order valence-corrected chi connectivity index (χ3v) is 11.7. The van der Waals surface area contributed by atoms with E-state index in [9.17, 15) is 0 Å². The van der Waals surface area contributed by atoms with Crippen molar-refractivity contribution in [2.45, 2.75) is 152 Å². The van der Waals surface area contributed by atoms with Crippen LogP contribution in [0.15, 0.2) is 19.8 Å². The molecule has 0 saturated heterocycles. The number of hydrogen-bond donors (Lipinski definition) is 3. The van der Waals surface area contributed by atoms with Gasteiger partial charge in [0.2, 0.25) is 11.9 Å². The minimum atomic E-state index is 0.307. The Morgan fingerprint density at radius 1 is 0.774 bits per heavy atom. The lowest BCUT2D eigenvalue weighted by atomic mass is 9.93. The van der Waals surface area contributed by atoms with Gasteiger partial charge < -0.3 is 16.4 Å². The monoisotopic (exact) mass is 773 g/mol. The van der Waals surface area contributed by atoms with Crippen LogP contribution in [0, 0.1) is 36.5 Å². The van der Waals surface area contributed by atoms with Crippen molar-refractivity contribution in [2.24, 2.45) is 49.4 Å². The van der Waals surface area contributed by atoms with Crippen molar-refractivity contribution in [3.63, 3.8) is 0 Å². The molecule has 14 heteroatoms. The van der Waals surface area contributed by atoms with Gasteiger partial charge in [0.05, 0.1) is 17.6 Å². The quantitative estimate of drug-likeness (QED) is 0.0191. The van der Waals surface area contributed by atoms with Crippen LogP contribution in [0.1, 0.15) is 151 Å². The minimum absolute atomic E-state index is 0.307. The Bertz CT molecular complexity index is 1320. The van der Waals surface area contributed by atoms with Gasteiger partial charge in [-0.05, 0) is 62.2 Å². The van der Waals surface area contributed by atoms with Gasteiger partial charge in [-0.1, -0.05) is 131 Å². The van der Waals surface area contributed by atoms with E-state index in [0.717, 1.165) is 37.6 Å². The first-order valence-electron chi connectivity index (χ1n) is 20.4. The Morgan fingerprint density at radius 2 is 1.34 bits per heavy atom. The molecule has 4 N–H and O–H groups in total. The maximum absolute atomic E-state index is 6.67. The number of rotatable bonds is 28. The first kappa shape index (κ1) is 46.4. The zero-order chi connectivity index (χ0) is 39.0. The summed E-state index contributed by atoms with van der Waals surface area (Å²) < 4.78 is 6.67. The molecule has 0 spiro atoms. The fraction of sp³-hybridized carbons (Fsp3) is 0.795. The second kappa shape index (κ2) is 26.9. The Hall–Kier alpha value is -2.74. The molecule has 3 unspecified atom stereocenters. The highest BCUT2D eigenvalue weighted by Crippen LogP contribution is 2.32. The van der Waals surface area contributed by atoms with Crippen LogP contribution in [-0.4, -0.2) is 54.7 Å². The number of nitrogen functional groups attached to an aromatic ring is 1. The Kier molecular flexibility index (Phi) is 23.6.